The number of hydrogen-bond donors (Lipinski definition) is 1. The quantitative estimate of drug-likeness (QED) is 0.782. The Labute approximate surface area is 94.7 Å². The van der Waals surface area contributed by atoms with Gasteiger partial charge < -0.3 is 5.32 Å². The summed E-state index contributed by atoms with van der Waals surface area (Å²) in [5.74, 6) is 0.589. The van der Waals surface area contributed by atoms with E-state index in [1.807, 2.05) is 31.0 Å². The van der Waals surface area contributed by atoms with E-state index in [1.54, 1.807) is 0 Å². The monoisotopic (exact) mass is 216 g/mol. The highest BCUT2D eigenvalue weighted by atomic mass is 15.3. The van der Waals surface area contributed by atoms with Gasteiger partial charge >= 0.3 is 0 Å². The zero-order chi connectivity index (χ0) is 11.1. The van der Waals surface area contributed by atoms with Gasteiger partial charge in [-0.3, -0.25) is 9.67 Å². The average Bonchev–Trinajstić information content (AvgIpc) is 2.88. The summed E-state index contributed by atoms with van der Waals surface area (Å²) in [4.78, 5) is 4.35. The van der Waals surface area contributed by atoms with E-state index in [9.17, 15) is 0 Å². The molecule has 4 heteroatoms. The number of aromatic nitrogens is 3. The van der Waals surface area contributed by atoms with Gasteiger partial charge in [-0.25, -0.2) is 0 Å². The van der Waals surface area contributed by atoms with Gasteiger partial charge in [-0.05, 0) is 19.9 Å². The molecule has 0 aliphatic carbocycles. The maximum absolute atomic E-state index is 4.48. The minimum Gasteiger partial charge on any atom is -0.316 e. The second-order valence-corrected chi connectivity index (χ2v) is 4.52. The molecule has 1 aliphatic rings. The summed E-state index contributed by atoms with van der Waals surface area (Å²) in [7, 11) is 2.02. The second-order valence-electron chi connectivity index (χ2n) is 4.52. The predicted octanol–water partition coefficient (Wildman–Crippen LogP) is 1.35. The molecule has 1 N–H and O–H groups in total. The molecule has 0 bridgehead atoms. The van der Waals surface area contributed by atoms with Crippen LogP contribution in [-0.2, 0) is 7.05 Å². The van der Waals surface area contributed by atoms with Gasteiger partial charge in [-0.1, -0.05) is 0 Å². The van der Waals surface area contributed by atoms with Gasteiger partial charge in [0.25, 0.3) is 0 Å². The summed E-state index contributed by atoms with van der Waals surface area (Å²) in [6.45, 7) is 4.21. The minimum atomic E-state index is 0.589. The normalized spacial score (nSPS) is 20.8. The Kier molecular flexibility index (Phi) is 2.17. The van der Waals surface area contributed by atoms with Crippen LogP contribution in [0, 0.1) is 6.92 Å². The largest absolute Gasteiger partial charge is 0.316 e. The molecule has 0 saturated carbocycles. The number of pyridine rings is 1. The highest BCUT2D eigenvalue weighted by Crippen LogP contribution is 2.29. The number of rotatable bonds is 1. The van der Waals surface area contributed by atoms with Gasteiger partial charge in [-0.2, -0.15) is 5.10 Å². The lowest BCUT2D eigenvalue weighted by Crippen LogP contribution is -2.09. The topological polar surface area (TPSA) is 42.7 Å². The number of aryl methyl sites for hydroxylation is 2. The molecule has 4 nitrogen and oxygen atoms in total. The van der Waals surface area contributed by atoms with Crippen molar-refractivity contribution in [3.05, 3.63) is 23.7 Å². The van der Waals surface area contributed by atoms with E-state index in [4.69, 9.17) is 0 Å². The van der Waals surface area contributed by atoms with Crippen molar-refractivity contribution in [1.29, 1.82) is 0 Å². The van der Waals surface area contributed by atoms with Gasteiger partial charge in [-0.15, -0.1) is 0 Å². The standard InChI is InChI=1S/C12H16N4/c1-8-10-6-14-7-11(9-3-4-13-5-9)12(10)16(2)15-8/h6-7,9,13H,3-5H2,1-2H3. The molecule has 2 aromatic rings. The fraction of sp³-hybridized carbons (Fsp3) is 0.500. The van der Waals surface area contributed by atoms with Crippen molar-refractivity contribution in [2.24, 2.45) is 7.05 Å². The first-order chi connectivity index (χ1) is 7.77. The van der Waals surface area contributed by atoms with Gasteiger partial charge in [0.2, 0.25) is 0 Å². The summed E-state index contributed by atoms with van der Waals surface area (Å²) in [6, 6.07) is 0. The van der Waals surface area contributed by atoms with Crippen LogP contribution in [0.3, 0.4) is 0 Å². The molecule has 1 saturated heterocycles. The second kappa shape index (κ2) is 3.56. The molecular formula is C12H16N4. The molecular weight excluding hydrogens is 200 g/mol. The van der Waals surface area contributed by atoms with E-state index in [0.29, 0.717) is 5.92 Å². The Morgan fingerprint density at radius 2 is 2.31 bits per heavy atom. The van der Waals surface area contributed by atoms with E-state index in [-0.39, 0.29) is 0 Å². The first-order valence-corrected chi connectivity index (χ1v) is 5.75. The van der Waals surface area contributed by atoms with Crippen molar-refractivity contribution in [2.75, 3.05) is 13.1 Å². The van der Waals surface area contributed by atoms with Crippen molar-refractivity contribution in [2.45, 2.75) is 19.3 Å². The highest BCUT2D eigenvalue weighted by molar-refractivity contribution is 5.84. The Morgan fingerprint density at radius 1 is 1.44 bits per heavy atom. The lowest BCUT2D eigenvalue weighted by molar-refractivity contribution is 0.738. The molecule has 1 unspecified atom stereocenters. The maximum atomic E-state index is 4.48. The Hall–Kier alpha value is -1.42. The Balaban J connectivity index is 2.23. The molecule has 0 amide bonds. The van der Waals surface area contributed by atoms with Crippen LogP contribution in [0.5, 0.6) is 0 Å². The Morgan fingerprint density at radius 3 is 3.06 bits per heavy atom. The third-order valence-electron chi connectivity index (χ3n) is 3.46. The van der Waals surface area contributed by atoms with Crippen LogP contribution in [0.25, 0.3) is 10.9 Å². The fourth-order valence-electron chi connectivity index (χ4n) is 2.64. The van der Waals surface area contributed by atoms with Crippen molar-refractivity contribution < 1.29 is 0 Å². The molecule has 3 heterocycles. The van der Waals surface area contributed by atoms with Crippen LogP contribution >= 0.6 is 0 Å². The third-order valence-corrected chi connectivity index (χ3v) is 3.46. The fourth-order valence-corrected chi connectivity index (χ4v) is 2.64. The summed E-state index contributed by atoms with van der Waals surface area (Å²) < 4.78 is 1.99. The van der Waals surface area contributed by atoms with E-state index in [1.165, 1.54) is 22.9 Å². The van der Waals surface area contributed by atoms with Crippen LogP contribution in [0.15, 0.2) is 12.4 Å². The zero-order valence-corrected chi connectivity index (χ0v) is 9.70. The number of fused-ring (bicyclic) bond motifs is 1. The van der Waals surface area contributed by atoms with Gasteiger partial charge in [0.05, 0.1) is 11.2 Å². The Bertz CT molecular complexity index is 523. The van der Waals surface area contributed by atoms with Crippen molar-refractivity contribution >= 4 is 10.9 Å². The van der Waals surface area contributed by atoms with E-state index < -0.39 is 0 Å². The maximum Gasteiger partial charge on any atom is 0.0748 e. The molecule has 84 valence electrons. The molecule has 0 radical (unpaired) electrons. The van der Waals surface area contributed by atoms with E-state index in [0.717, 1.165) is 18.8 Å². The first-order valence-electron chi connectivity index (χ1n) is 5.75. The molecule has 0 spiro atoms. The van der Waals surface area contributed by atoms with Crippen LogP contribution in [-0.4, -0.2) is 27.9 Å². The first kappa shape index (κ1) is 9.78. The van der Waals surface area contributed by atoms with Gasteiger partial charge in [0, 0.05) is 42.9 Å². The van der Waals surface area contributed by atoms with Crippen molar-refractivity contribution in [1.82, 2.24) is 20.1 Å². The number of nitrogens with zero attached hydrogens (tertiary/aromatic N) is 3. The van der Waals surface area contributed by atoms with E-state index >= 15 is 0 Å². The lowest BCUT2D eigenvalue weighted by Gasteiger charge is -2.10. The third kappa shape index (κ3) is 1.33. The molecule has 2 aromatic heterocycles. The summed E-state index contributed by atoms with van der Waals surface area (Å²) >= 11 is 0. The minimum absolute atomic E-state index is 0.589. The van der Waals surface area contributed by atoms with Gasteiger partial charge in [0.15, 0.2) is 0 Å². The van der Waals surface area contributed by atoms with Crippen molar-refractivity contribution in [3.8, 4) is 0 Å². The van der Waals surface area contributed by atoms with Gasteiger partial charge in [0.1, 0.15) is 0 Å². The molecule has 1 fully saturated rings. The van der Waals surface area contributed by atoms with Crippen LogP contribution in [0.1, 0.15) is 23.6 Å². The smallest absolute Gasteiger partial charge is 0.0748 e. The zero-order valence-electron chi connectivity index (χ0n) is 9.70. The SMILES string of the molecule is Cc1nn(C)c2c(C3CCNC3)cncc12. The summed E-state index contributed by atoms with van der Waals surface area (Å²) in [6.07, 6.45) is 5.12. The molecule has 0 aromatic carbocycles. The summed E-state index contributed by atoms with van der Waals surface area (Å²) in [5, 5.41) is 9.07. The number of hydrogen-bond acceptors (Lipinski definition) is 3. The van der Waals surface area contributed by atoms with Crippen LogP contribution in [0.4, 0.5) is 0 Å². The molecule has 3 rings (SSSR count). The van der Waals surface area contributed by atoms with Crippen molar-refractivity contribution in [3.63, 3.8) is 0 Å². The molecule has 1 atom stereocenters. The van der Waals surface area contributed by atoms with Crippen LogP contribution < -0.4 is 5.32 Å². The molecule has 1 aliphatic heterocycles. The highest BCUT2D eigenvalue weighted by Gasteiger charge is 2.21. The average molecular weight is 216 g/mol. The lowest BCUT2D eigenvalue weighted by atomic mass is 9.98. The van der Waals surface area contributed by atoms with E-state index in [2.05, 4.69) is 15.4 Å². The predicted molar refractivity (Wildman–Crippen MR) is 63.5 cm³/mol. The molecule has 16 heavy (non-hydrogen) atoms. The number of nitrogens with one attached hydrogen (secondary N) is 1. The summed E-state index contributed by atoms with van der Waals surface area (Å²) in [5.41, 5.74) is 3.66. The van der Waals surface area contributed by atoms with Crippen LogP contribution in [0.2, 0.25) is 0 Å².